The van der Waals surface area contributed by atoms with Crippen molar-refractivity contribution < 1.29 is 14.6 Å². The van der Waals surface area contributed by atoms with Crippen molar-refractivity contribution in [1.29, 1.82) is 0 Å². The smallest absolute Gasteiger partial charge is 0.125 e. The normalized spacial score (nSPS) is 12.2. The topological polar surface area (TPSA) is 51.6 Å². The van der Waals surface area contributed by atoms with Crippen molar-refractivity contribution in [2.45, 2.75) is 20.0 Å². The maximum absolute atomic E-state index is 10.6. The van der Waals surface area contributed by atoms with E-state index >= 15 is 0 Å². The highest BCUT2D eigenvalue weighted by molar-refractivity contribution is 5.40. The Morgan fingerprint density at radius 3 is 2.43 bits per heavy atom. The molecular weight excluding hydrogens is 266 g/mol. The van der Waals surface area contributed by atoms with Gasteiger partial charge in [0.25, 0.3) is 0 Å². The molecule has 0 aliphatic rings. The van der Waals surface area contributed by atoms with Gasteiger partial charge in [0.2, 0.25) is 0 Å². The molecule has 0 fully saturated rings. The molecule has 0 amide bonds. The predicted octanol–water partition coefficient (Wildman–Crippen LogP) is 2.81. The molecule has 1 atom stereocenters. The third-order valence-electron chi connectivity index (χ3n) is 3.18. The third kappa shape index (κ3) is 4.03. The van der Waals surface area contributed by atoms with Crippen molar-refractivity contribution >= 4 is 0 Å². The quantitative estimate of drug-likeness (QED) is 0.830. The van der Waals surface area contributed by atoms with Gasteiger partial charge in [0.1, 0.15) is 18.5 Å². The van der Waals surface area contributed by atoms with E-state index in [-0.39, 0.29) is 0 Å². The Balaban J connectivity index is 2.27. The number of hydrogen-bond acceptors (Lipinski definition) is 4. The van der Waals surface area contributed by atoms with E-state index in [1.54, 1.807) is 7.11 Å². The molecule has 0 aliphatic heterocycles. The van der Waals surface area contributed by atoms with Crippen LogP contribution in [0.15, 0.2) is 36.4 Å². The molecule has 4 nitrogen and oxygen atoms in total. The van der Waals surface area contributed by atoms with Crippen LogP contribution in [-0.4, -0.2) is 30.4 Å². The average molecular weight is 287 g/mol. The van der Waals surface area contributed by atoms with Crippen molar-refractivity contribution in [3.63, 3.8) is 0 Å². The lowest BCUT2D eigenvalue weighted by atomic mass is 10.00. The van der Waals surface area contributed by atoms with Crippen LogP contribution < -0.4 is 4.74 Å². The van der Waals surface area contributed by atoms with Crippen molar-refractivity contribution in [3.8, 4) is 5.75 Å². The summed E-state index contributed by atoms with van der Waals surface area (Å²) in [6.07, 6.45) is -0.732. The first-order chi connectivity index (χ1) is 10.1. The zero-order valence-electron chi connectivity index (χ0n) is 12.7. The van der Waals surface area contributed by atoms with E-state index in [2.05, 4.69) is 4.98 Å². The number of aryl methyl sites for hydroxylation is 2. The second-order valence-corrected chi connectivity index (χ2v) is 4.96. The average Bonchev–Trinajstić information content (AvgIpc) is 2.46. The van der Waals surface area contributed by atoms with Gasteiger partial charge in [0.05, 0.1) is 6.61 Å². The van der Waals surface area contributed by atoms with Crippen LogP contribution in [0.1, 0.15) is 28.6 Å². The number of aliphatic hydroxyl groups is 1. The van der Waals surface area contributed by atoms with Gasteiger partial charge >= 0.3 is 0 Å². The second-order valence-electron chi connectivity index (χ2n) is 4.96. The number of nitrogens with zero attached hydrogens (tertiary/aromatic N) is 1. The Morgan fingerprint density at radius 1 is 1.10 bits per heavy atom. The molecule has 0 saturated heterocycles. The van der Waals surface area contributed by atoms with Crippen molar-refractivity contribution in [2.75, 3.05) is 20.3 Å². The summed E-state index contributed by atoms with van der Waals surface area (Å²) in [5.74, 6) is 0.675. The van der Waals surface area contributed by atoms with Crippen molar-refractivity contribution in [1.82, 2.24) is 4.98 Å². The van der Waals surface area contributed by atoms with Gasteiger partial charge in [0.15, 0.2) is 0 Å². The molecule has 1 heterocycles. The lowest BCUT2D eigenvalue weighted by molar-refractivity contribution is 0.142. The molecule has 0 spiro atoms. The van der Waals surface area contributed by atoms with Gasteiger partial charge in [0, 0.05) is 24.1 Å². The first kappa shape index (κ1) is 15.5. The van der Waals surface area contributed by atoms with Gasteiger partial charge in [-0.25, -0.2) is 0 Å². The molecule has 0 saturated carbocycles. The van der Waals surface area contributed by atoms with E-state index in [9.17, 15) is 5.11 Å². The van der Waals surface area contributed by atoms with E-state index in [0.29, 0.717) is 19.0 Å². The summed E-state index contributed by atoms with van der Waals surface area (Å²) < 4.78 is 10.7. The van der Waals surface area contributed by atoms with Crippen LogP contribution >= 0.6 is 0 Å². The summed E-state index contributed by atoms with van der Waals surface area (Å²) in [6.45, 7) is 4.81. The van der Waals surface area contributed by atoms with Crippen LogP contribution in [-0.2, 0) is 4.74 Å². The maximum Gasteiger partial charge on any atom is 0.125 e. The molecule has 112 valence electrons. The Hall–Kier alpha value is -1.91. The molecule has 2 aromatic rings. The summed E-state index contributed by atoms with van der Waals surface area (Å²) in [5, 5.41) is 10.6. The largest absolute Gasteiger partial charge is 0.491 e. The third-order valence-corrected chi connectivity index (χ3v) is 3.18. The molecule has 1 N–H and O–H groups in total. The number of rotatable bonds is 6. The lowest BCUT2D eigenvalue weighted by Crippen LogP contribution is -2.09. The standard InChI is InChI=1S/C17H21NO3/c1-12-10-14(11-13(2)18-12)17(19)15-6-4-5-7-16(15)21-9-8-20-3/h4-7,10-11,17,19H,8-9H2,1-3H3. The fourth-order valence-electron chi connectivity index (χ4n) is 2.28. The lowest BCUT2D eigenvalue weighted by Gasteiger charge is -2.17. The predicted molar refractivity (Wildman–Crippen MR) is 81.6 cm³/mol. The number of methoxy groups -OCH3 is 1. The number of aromatic nitrogens is 1. The number of aliphatic hydroxyl groups excluding tert-OH is 1. The highest BCUT2D eigenvalue weighted by Gasteiger charge is 2.16. The first-order valence-corrected chi connectivity index (χ1v) is 6.95. The van der Waals surface area contributed by atoms with Gasteiger partial charge in [-0.3, -0.25) is 4.98 Å². The summed E-state index contributed by atoms with van der Waals surface area (Å²) in [5.41, 5.74) is 3.35. The van der Waals surface area contributed by atoms with E-state index in [1.807, 2.05) is 50.2 Å². The van der Waals surface area contributed by atoms with Gasteiger partial charge in [-0.15, -0.1) is 0 Å². The molecule has 1 unspecified atom stereocenters. The SMILES string of the molecule is COCCOc1ccccc1C(O)c1cc(C)nc(C)c1. The van der Waals surface area contributed by atoms with Crippen LogP contribution in [0.3, 0.4) is 0 Å². The Labute approximate surface area is 125 Å². The minimum atomic E-state index is -0.732. The second kappa shape index (κ2) is 7.20. The van der Waals surface area contributed by atoms with E-state index < -0.39 is 6.10 Å². The first-order valence-electron chi connectivity index (χ1n) is 6.95. The molecule has 0 bridgehead atoms. The fourth-order valence-corrected chi connectivity index (χ4v) is 2.28. The molecule has 21 heavy (non-hydrogen) atoms. The number of hydrogen-bond donors (Lipinski definition) is 1. The highest BCUT2D eigenvalue weighted by Crippen LogP contribution is 2.30. The van der Waals surface area contributed by atoms with Gasteiger partial charge in [-0.1, -0.05) is 18.2 Å². The van der Waals surface area contributed by atoms with Gasteiger partial charge in [-0.05, 0) is 37.6 Å². The zero-order chi connectivity index (χ0) is 15.2. The summed E-state index contributed by atoms with van der Waals surface area (Å²) in [7, 11) is 1.63. The van der Waals surface area contributed by atoms with Crippen molar-refractivity contribution in [2.24, 2.45) is 0 Å². The summed E-state index contributed by atoms with van der Waals surface area (Å²) in [6, 6.07) is 11.3. The zero-order valence-corrected chi connectivity index (χ0v) is 12.7. The highest BCUT2D eigenvalue weighted by atomic mass is 16.5. The van der Waals surface area contributed by atoms with Crippen LogP contribution in [0.25, 0.3) is 0 Å². The molecule has 2 rings (SSSR count). The Bertz CT molecular complexity index is 578. The monoisotopic (exact) mass is 287 g/mol. The van der Waals surface area contributed by atoms with Gasteiger partial charge in [-0.2, -0.15) is 0 Å². The summed E-state index contributed by atoms with van der Waals surface area (Å²) in [4.78, 5) is 4.33. The maximum atomic E-state index is 10.6. The fraction of sp³-hybridized carbons (Fsp3) is 0.353. The molecule has 4 heteroatoms. The molecular formula is C17H21NO3. The van der Waals surface area contributed by atoms with E-state index in [4.69, 9.17) is 9.47 Å². The Kier molecular flexibility index (Phi) is 5.31. The molecule has 1 aromatic carbocycles. The molecule has 0 radical (unpaired) electrons. The minimum Gasteiger partial charge on any atom is -0.491 e. The van der Waals surface area contributed by atoms with Crippen LogP contribution in [0, 0.1) is 13.8 Å². The van der Waals surface area contributed by atoms with Crippen LogP contribution in [0.4, 0.5) is 0 Å². The van der Waals surface area contributed by atoms with Crippen LogP contribution in [0.2, 0.25) is 0 Å². The van der Waals surface area contributed by atoms with E-state index in [1.165, 1.54) is 0 Å². The van der Waals surface area contributed by atoms with Crippen LogP contribution in [0.5, 0.6) is 5.75 Å². The van der Waals surface area contributed by atoms with E-state index in [0.717, 1.165) is 22.5 Å². The van der Waals surface area contributed by atoms with Crippen molar-refractivity contribution in [3.05, 3.63) is 58.9 Å². The number of ether oxygens (including phenoxy) is 2. The van der Waals surface area contributed by atoms with Gasteiger partial charge < -0.3 is 14.6 Å². The minimum absolute atomic E-state index is 0.453. The Morgan fingerprint density at radius 2 is 1.76 bits per heavy atom. The number of benzene rings is 1. The molecule has 0 aliphatic carbocycles. The summed E-state index contributed by atoms with van der Waals surface area (Å²) >= 11 is 0. The number of para-hydroxylation sites is 1. The molecule has 1 aromatic heterocycles. The number of pyridine rings is 1.